The number of nitrogens with zero attached hydrogens (tertiary/aromatic N) is 3. The van der Waals surface area contributed by atoms with Crippen LogP contribution in [0.25, 0.3) is 10.2 Å². The molecule has 3 aromatic rings. The Kier molecular flexibility index (Phi) is 3.86. The molecule has 0 saturated heterocycles. The van der Waals surface area contributed by atoms with Crippen LogP contribution >= 0.6 is 22.9 Å². The number of nitrogens with one attached hydrogen (secondary N) is 1. The number of benzene rings is 1. The average molecular weight is 359 g/mol. The minimum Gasteiger partial charge on any atom is -0.507 e. The maximum absolute atomic E-state index is 9.98. The van der Waals surface area contributed by atoms with Crippen molar-refractivity contribution in [3.63, 3.8) is 0 Å². The molecule has 2 heterocycles. The third-order valence-electron chi connectivity index (χ3n) is 4.18. The zero-order valence-corrected chi connectivity index (χ0v) is 14.6. The Morgan fingerprint density at radius 2 is 2.21 bits per heavy atom. The molecule has 0 amide bonds. The van der Waals surface area contributed by atoms with E-state index in [-0.39, 0.29) is 5.75 Å². The van der Waals surface area contributed by atoms with Gasteiger partial charge in [0, 0.05) is 15.5 Å². The number of aromatic nitrogens is 2. The molecule has 4 rings (SSSR count). The van der Waals surface area contributed by atoms with Crippen molar-refractivity contribution in [2.75, 3.05) is 5.43 Å². The van der Waals surface area contributed by atoms with Gasteiger partial charge in [-0.15, -0.1) is 11.3 Å². The zero-order valence-electron chi connectivity index (χ0n) is 13.0. The van der Waals surface area contributed by atoms with Crippen molar-refractivity contribution in [1.29, 1.82) is 0 Å². The van der Waals surface area contributed by atoms with Gasteiger partial charge in [0.25, 0.3) is 0 Å². The molecule has 5 nitrogen and oxygen atoms in total. The second kappa shape index (κ2) is 6.03. The lowest BCUT2D eigenvalue weighted by Crippen LogP contribution is -2.02. The van der Waals surface area contributed by atoms with Crippen LogP contribution in [0.15, 0.2) is 29.6 Å². The van der Waals surface area contributed by atoms with Crippen LogP contribution in [-0.4, -0.2) is 20.8 Å². The molecule has 7 heteroatoms. The van der Waals surface area contributed by atoms with E-state index in [2.05, 4.69) is 20.5 Å². The number of hydrogen-bond donors (Lipinski definition) is 2. The van der Waals surface area contributed by atoms with Gasteiger partial charge < -0.3 is 5.11 Å². The Hall–Kier alpha value is -2.18. The maximum atomic E-state index is 9.98. The Morgan fingerprint density at radius 3 is 3.08 bits per heavy atom. The molecule has 0 spiro atoms. The zero-order chi connectivity index (χ0) is 16.7. The van der Waals surface area contributed by atoms with Crippen molar-refractivity contribution in [2.45, 2.75) is 26.2 Å². The maximum Gasteiger partial charge on any atom is 0.158 e. The summed E-state index contributed by atoms with van der Waals surface area (Å²) in [6, 6.07) is 4.89. The Bertz CT molecular complexity index is 967. The molecule has 2 aromatic heterocycles. The van der Waals surface area contributed by atoms with Gasteiger partial charge in [0.1, 0.15) is 16.9 Å². The first kappa shape index (κ1) is 15.4. The molecule has 0 fully saturated rings. The van der Waals surface area contributed by atoms with Gasteiger partial charge in [-0.2, -0.15) is 5.10 Å². The predicted molar refractivity (Wildman–Crippen MR) is 98.4 cm³/mol. The molecular formula is C17H15ClN4OS. The Balaban J connectivity index is 1.71. The van der Waals surface area contributed by atoms with Crippen LogP contribution in [0.4, 0.5) is 5.82 Å². The minimum absolute atomic E-state index is 0.145. The molecule has 2 N–H and O–H groups in total. The van der Waals surface area contributed by atoms with Gasteiger partial charge in [-0.05, 0) is 49.9 Å². The molecule has 0 aliphatic heterocycles. The fourth-order valence-corrected chi connectivity index (χ4v) is 4.41. The van der Waals surface area contributed by atoms with Crippen molar-refractivity contribution in [3.05, 3.63) is 45.6 Å². The molecule has 0 unspecified atom stereocenters. The van der Waals surface area contributed by atoms with E-state index in [1.165, 1.54) is 16.9 Å². The molecule has 1 aliphatic carbocycles. The first-order valence-electron chi connectivity index (χ1n) is 7.68. The molecule has 1 aromatic carbocycles. The molecule has 0 atom stereocenters. The SMILES string of the molecule is C/C(=N\Nc1ncnc2sc3c(c12)CCC3)c1cc(Cl)ccc1O. The summed E-state index contributed by atoms with van der Waals surface area (Å²) < 4.78 is 0. The normalized spacial score (nSPS) is 14.2. The highest BCUT2D eigenvalue weighted by atomic mass is 35.5. The van der Waals surface area contributed by atoms with E-state index in [9.17, 15) is 5.11 Å². The number of hydrogen-bond acceptors (Lipinski definition) is 6. The number of phenols is 1. The molecule has 122 valence electrons. The van der Waals surface area contributed by atoms with Crippen molar-refractivity contribution < 1.29 is 5.11 Å². The summed E-state index contributed by atoms with van der Waals surface area (Å²) in [5.74, 6) is 0.854. The van der Waals surface area contributed by atoms with Gasteiger partial charge in [-0.3, -0.25) is 5.43 Å². The topological polar surface area (TPSA) is 70.4 Å². The summed E-state index contributed by atoms with van der Waals surface area (Å²) >= 11 is 7.74. The van der Waals surface area contributed by atoms with Crippen LogP contribution in [0.1, 0.15) is 29.3 Å². The molecule has 1 aliphatic rings. The number of anilines is 1. The quantitative estimate of drug-likeness (QED) is 0.538. The van der Waals surface area contributed by atoms with Crippen molar-refractivity contribution in [1.82, 2.24) is 9.97 Å². The second-order valence-corrected chi connectivity index (χ2v) is 7.25. The van der Waals surface area contributed by atoms with Crippen molar-refractivity contribution in [2.24, 2.45) is 5.10 Å². The van der Waals surface area contributed by atoms with Crippen molar-refractivity contribution in [3.8, 4) is 5.75 Å². The summed E-state index contributed by atoms with van der Waals surface area (Å²) in [5, 5.41) is 16.0. The largest absolute Gasteiger partial charge is 0.507 e. The van der Waals surface area contributed by atoms with E-state index in [1.54, 1.807) is 35.9 Å². The lowest BCUT2D eigenvalue weighted by molar-refractivity contribution is 0.474. The lowest BCUT2D eigenvalue weighted by Gasteiger charge is -2.07. The van der Waals surface area contributed by atoms with Gasteiger partial charge in [0.2, 0.25) is 0 Å². The second-order valence-electron chi connectivity index (χ2n) is 5.73. The van der Waals surface area contributed by atoms with Gasteiger partial charge in [-0.25, -0.2) is 9.97 Å². The first-order valence-corrected chi connectivity index (χ1v) is 8.87. The summed E-state index contributed by atoms with van der Waals surface area (Å²) in [5.41, 5.74) is 5.61. The number of fused-ring (bicyclic) bond motifs is 3. The summed E-state index contributed by atoms with van der Waals surface area (Å²) in [6.07, 6.45) is 4.92. The molecular weight excluding hydrogens is 344 g/mol. The summed E-state index contributed by atoms with van der Waals surface area (Å²) in [4.78, 5) is 11.1. The van der Waals surface area contributed by atoms with Gasteiger partial charge in [0.15, 0.2) is 5.82 Å². The van der Waals surface area contributed by atoms with Crippen molar-refractivity contribution >= 4 is 44.7 Å². The number of thiophene rings is 1. The van der Waals surface area contributed by atoms with Gasteiger partial charge in [-0.1, -0.05) is 11.6 Å². The summed E-state index contributed by atoms with van der Waals surface area (Å²) in [7, 11) is 0. The third kappa shape index (κ3) is 2.61. The number of hydrazone groups is 1. The molecule has 0 radical (unpaired) electrons. The smallest absolute Gasteiger partial charge is 0.158 e. The van der Waals surface area contributed by atoms with E-state index >= 15 is 0 Å². The van der Waals surface area contributed by atoms with Crippen LogP contribution in [0.2, 0.25) is 5.02 Å². The predicted octanol–water partition coefficient (Wildman–Crippen LogP) is 4.38. The van der Waals surface area contributed by atoms with Gasteiger partial charge >= 0.3 is 0 Å². The number of phenolic OH excluding ortho intramolecular Hbond substituents is 1. The highest BCUT2D eigenvalue weighted by molar-refractivity contribution is 7.19. The van der Waals surface area contributed by atoms with Gasteiger partial charge in [0.05, 0.1) is 11.1 Å². The van der Waals surface area contributed by atoms with Crippen LogP contribution in [0.5, 0.6) is 5.75 Å². The fourth-order valence-electron chi connectivity index (χ4n) is 3.01. The highest BCUT2D eigenvalue weighted by Gasteiger charge is 2.21. The lowest BCUT2D eigenvalue weighted by atomic mass is 10.1. The highest BCUT2D eigenvalue weighted by Crippen LogP contribution is 2.39. The summed E-state index contributed by atoms with van der Waals surface area (Å²) in [6.45, 7) is 1.81. The monoisotopic (exact) mass is 358 g/mol. The first-order chi connectivity index (χ1) is 11.6. The third-order valence-corrected chi connectivity index (χ3v) is 5.61. The number of halogens is 1. The Morgan fingerprint density at radius 1 is 1.33 bits per heavy atom. The number of rotatable bonds is 3. The standard InChI is InChI=1S/C17H15ClN4OS/c1-9(12-7-10(18)5-6-13(12)23)21-22-16-15-11-3-2-4-14(11)24-17(15)20-8-19-16/h5-8,23H,2-4H2,1H3,(H,19,20,22)/b21-9+. The van der Waals surface area contributed by atoms with Crippen LogP contribution in [0.3, 0.4) is 0 Å². The van der Waals surface area contributed by atoms with E-state index in [1.807, 2.05) is 6.92 Å². The van der Waals surface area contributed by atoms with E-state index in [4.69, 9.17) is 11.6 Å². The van der Waals surface area contributed by atoms with Crippen LogP contribution in [0, 0.1) is 0 Å². The average Bonchev–Trinajstić information content (AvgIpc) is 3.15. The van der Waals surface area contributed by atoms with E-state index in [0.29, 0.717) is 22.1 Å². The number of aromatic hydroxyl groups is 1. The molecule has 0 saturated carbocycles. The molecule has 24 heavy (non-hydrogen) atoms. The van der Waals surface area contributed by atoms with Crippen LogP contribution < -0.4 is 5.43 Å². The fraction of sp³-hybridized carbons (Fsp3) is 0.235. The number of aryl methyl sites for hydroxylation is 2. The molecule has 0 bridgehead atoms. The van der Waals surface area contributed by atoms with E-state index < -0.39 is 0 Å². The van der Waals surface area contributed by atoms with E-state index in [0.717, 1.165) is 23.1 Å². The Labute approximate surface area is 148 Å². The minimum atomic E-state index is 0.145. The van der Waals surface area contributed by atoms with Crippen LogP contribution in [-0.2, 0) is 12.8 Å².